The van der Waals surface area contributed by atoms with E-state index in [1.807, 2.05) is 19.0 Å². The van der Waals surface area contributed by atoms with Crippen LogP contribution in [-0.4, -0.2) is 50.3 Å². The van der Waals surface area contributed by atoms with E-state index in [2.05, 4.69) is 11.1 Å². The van der Waals surface area contributed by atoms with Crippen molar-refractivity contribution in [3.63, 3.8) is 0 Å². The van der Waals surface area contributed by atoms with Gasteiger partial charge in [0.15, 0.2) is 0 Å². The third-order valence-corrected chi connectivity index (χ3v) is 1.06. The highest BCUT2D eigenvalue weighted by atomic mass is 16.4. The number of hydrogen-bond donors (Lipinski definition) is 3. The van der Waals surface area contributed by atoms with Crippen LogP contribution >= 0.6 is 0 Å². The largest absolute Gasteiger partial charge is 0.465 e. The molecule has 0 aromatic carbocycles. The number of rotatable bonds is 4. The summed E-state index contributed by atoms with van der Waals surface area (Å²) in [4.78, 5) is 11.9. The molecule has 0 aliphatic heterocycles. The highest BCUT2D eigenvalue weighted by Gasteiger charge is 1.93. The minimum Gasteiger partial charge on any atom is -0.465 e. The normalized spacial score (nSPS) is 8.75. The van der Waals surface area contributed by atoms with Gasteiger partial charge in [-0.25, -0.2) is 4.79 Å². The van der Waals surface area contributed by atoms with Gasteiger partial charge in [0.1, 0.15) is 0 Å². The Morgan fingerprint density at radius 3 is 2.33 bits per heavy atom. The van der Waals surface area contributed by atoms with E-state index < -0.39 is 6.09 Å². The highest BCUT2D eigenvalue weighted by Crippen LogP contribution is 1.79. The van der Waals surface area contributed by atoms with Gasteiger partial charge >= 0.3 is 6.09 Å². The summed E-state index contributed by atoms with van der Waals surface area (Å²) >= 11 is 0. The minimum atomic E-state index is -0.946. The van der Waals surface area contributed by atoms with E-state index in [-0.39, 0.29) is 0 Å². The molecule has 0 radical (unpaired) electrons. The van der Waals surface area contributed by atoms with Crippen LogP contribution in [-0.2, 0) is 0 Å². The molecule has 0 rings (SSSR count). The predicted octanol–water partition coefficient (Wildman–Crippen LogP) is -0.219. The van der Waals surface area contributed by atoms with Gasteiger partial charge < -0.3 is 21.1 Å². The van der Waals surface area contributed by atoms with Crippen molar-refractivity contribution in [2.24, 2.45) is 5.73 Å². The van der Waals surface area contributed by atoms with Gasteiger partial charge in [-0.15, -0.1) is 0 Å². The van der Waals surface area contributed by atoms with E-state index in [1.54, 1.807) is 0 Å². The fourth-order valence-electron chi connectivity index (χ4n) is 0.591. The first-order valence-corrected chi connectivity index (χ1v) is 3.82. The van der Waals surface area contributed by atoms with Crippen molar-refractivity contribution in [3.8, 4) is 0 Å². The molecule has 0 aliphatic carbocycles. The number of nitrogens with one attached hydrogen (secondary N) is 1. The Morgan fingerprint density at radius 1 is 1.50 bits per heavy atom. The molecule has 0 spiro atoms. The van der Waals surface area contributed by atoms with Crippen LogP contribution in [0.1, 0.15) is 6.42 Å². The molecule has 0 bridgehead atoms. The first-order valence-electron chi connectivity index (χ1n) is 3.82. The van der Waals surface area contributed by atoms with E-state index in [0.717, 1.165) is 13.0 Å². The lowest BCUT2D eigenvalue weighted by atomic mass is 10.4. The zero-order chi connectivity index (χ0) is 9.98. The summed E-state index contributed by atoms with van der Waals surface area (Å²) in [6.07, 6.45) is -0.0852. The summed E-state index contributed by atoms with van der Waals surface area (Å²) in [7, 11) is 5.42. The second-order valence-electron chi connectivity index (χ2n) is 2.39. The van der Waals surface area contributed by atoms with Crippen molar-refractivity contribution >= 4 is 6.09 Å². The Hall–Kier alpha value is -0.810. The molecular weight excluding hydrogens is 158 g/mol. The minimum absolute atomic E-state index is 0.535. The summed E-state index contributed by atoms with van der Waals surface area (Å²) in [5, 5.41) is 10.4. The second-order valence-corrected chi connectivity index (χ2v) is 2.39. The SMILES string of the molecule is CN.CN(C)CCCNC(=O)O. The third kappa shape index (κ3) is 16.1. The molecule has 0 aromatic rings. The predicted molar refractivity (Wildman–Crippen MR) is 49.3 cm³/mol. The van der Waals surface area contributed by atoms with Gasteiger partial charge in [0.25, 0.3) is 0 Å². The zero-order valence-electron chi connectivity index (χ0n) is 8.00. The van der Waals surface area contributed by atoms with Crippen LogP contribution in [0.3, 0.4) is 0 Å². The maximum absolute atomic E-state index is 9.92. The molecule has 0 saturated heterocycles. The van der Waals surface area contributed by atoms with Crippen LogP contribution in [0.4, 0.5) is 4.79 Å². The maximum Gasteiger partial charge on any atom is 0.404 e. The summed E-state index contributed by atoms with van der Waals surface area (Å²) < 4.78 is 0. The monoisotopic (exact) mass is 177 g/mol. The summed E-state index contributed by atoms with van der Waals surface area (Å²) in [5.41, 5.74) is 4.50. The van der Waals surface area contributed by atoms with Crippen LogP contribution in [0.5, 0.6) is 0 Å². The first kappa shape index (κ1) is 13.8. The summed E-state index contributed by atoms with van der Waals surface area (Å²) in [6.45, 7) is 1.45. The Morgan fingerprint density at radius 2 is 2.00 bits per heavy atom. The topological polar surface area (TPSA) is 78.6 Å². The van der Waals surface area contributed by atoms with E-state index in [1.165, 1.54) is 7.05 Å². The molecule has 4 N–H and O–H groups in total. The van der Waals surface area contributed by atoms with E-state index >= 15 is 0 Å². The Bertz CT molecular complexity index is 107. The molecule has 0 aromatic heterocycles. The molecule has 0 saturated carbocycles. The molecule has 0 aliphatic rings. The van der Waals surface area contributed by atoms with E-state index in [0.29, 0.717) is 6.54 Å². The van der Waals surface area contributed by atoms with Gasteiger partial charge in [0, 0.05) is 6.54 Å². The molecule has 5 nitrogen and oxygen atoms in total. The molecule has 0 fully saturated rings. The molecule has 12 heavy (non-hydrogen) atoms. The molecular formula is C7H19N3O2. The number of carboxylic acid groups (broad SMARTS) is 1. The van der Waals surface area contributed by atoms with E-state index in [4.69, 9.17) is 5.11 Å². The first-order chi connectivity index (χ1) is 5.63. The van der Waals surface area contributed by atoms with Gasteiger partial charge in [0.05, 0.1) is 0 Å². The lowest BCUT2D eigenvalue weighted by molar-refractivity contribution is 0.194. The summed E-state index contributed by atoms with van der Waals surface area (Å²) in [5.74, 6) is 0. The van der Waals surface area contributed by atoms with Crippen LogP contribution in [0.15, 0.2) is 0 Å². The van der Waals surface area contributed by atoms with Crippen molar-refractivity contribution in [3.05, 3.63) is 0 Å². The van der Waals surface area contributed by atoms with Gasteiger partial charge in [-0.3, -0.25) is 0 Å². The molecule has 0 unspecified atom stereocenters. The van der Waals surface area contributed by atoms with Gasteiger partial charge in [-0.2, -0.15) is 0 Å². The average Bonchev–Trinajstić information content (AvgIpc) is 2.02. The van der Waals surface area contributed by atoms with Gasteiger partial charge in [0.2, 0.25) is 0 Å². The Labute approximate surface area is 73.5 Å². The van der Waals surface area contributed by atoms with Crippen LogP contribution in [0.25, 0.3) is 0 Å². The van der Waals surface area contributed by atoms with E-state index in [9.17, 15) is 4.79 Å². The number of amides is 1. The zero-order valence-corrected chi connectivity index (χ0v) is 8.00. The molecule has 5 heteroatoms. The lowest BCUT2D eigenvalue weighted by Gasteiger charge is -2.07. The van der Waals surface area contributed by atoms with Gasteiger partial charge in [-0.1, -0.05) is 0 Å². The Kier molecular flexibility index (Phi) is 11.7. The molecule has 0 atom stereocenters. The van der Waals surface area contributed by atoms with Crippen LogP contribution < -0.4 is 11.1 Å². The average molecular weight is 177 g/mol. The molecule has 1 amide bonds. The smallest absolute Gasteiger partial charge is 0.404 e. The standard InChI is InChI=1S/C6H14N2O2.CH5N/c1-8(2)5-3-4-7-6(9)10;1-2/h7H,3-5H2,1-2H3,(H,9,10);2H2,1H3. The molecule has 0 heterocycles. The second kappa shape index (κ2) is 10.2. The number of carbonyl (C=O) groups is 1. The highest BCUT2D eigenvalue weighted by molar-refractivity contribution is 5.64. The van der Waals surface area contributed by atoms with Crippen LogP contribution in [0, 0.1) is 0 Å². The lowest BCUT2D eigenvalue weighted by Crippen LogP contribution is -2.25. The summed E-state index contributed by atoms with van der Waals surface area (Å²) in [6, 6.07) is 0. The van der Waals surface area contributed by atoms with Gasteiger partial charge in [-0.05, 0) is 34.1 Å². The van der Waals surface area contributed by atoms with Crippen molar-refractivity contribution in [1.29, 1.82) is 0 Å². The molecule has 74 valence electrons. The van der Waals surface area contributed by atoms with Crippen molar-refractivity contribution < 1.29 is 9.90 Å². The Balaban J connectivity index is 0. The van der Waals surface area contributed by atoms with Crippen LogP contribution in [0.2, 0.25) is 0 Å². The van der Waals surface area contributed by atoms with Crippen molar-refractivity contribution in [1.82, 2.24) is 10.2 Å². The fraction of sp³-hybridized carbons (Fsp3) is 0.857. The fourth-order valence-corrected chi connectivity index (χ4v) is 0.591. The van der Waals surface area contributed by atoms with Crippen molar-refractivity contribution in [2.45, 2.75) is 6.42 Å². The van der Waals surface area contributed by atoms with Crippen molar-refractivity contribution in [2.75, 3.05) is 34.2 Å². The maximum atomic E-state index is 9.92. The number of hydrogen-bond acceptors (Lipinski definition) is 3. The number of nitrogens with two attached hydrogens (primary N) is 1. The quantitative estimate of drug-likeness (QED) is 0.519. The third-order valence-electron chi connectivity index (χ3n) is 1.06. The number of nitrogens with zero attached hydrogens (tertiary/aromatic N) is 1.